The predicted molar refractivity (Wildman–Crippen MR) is 118 cm³/mol. The summed E-state index contributed by atoms with van der Waals surface area (Å²) in [7, 11) is 0. The summed E-state index contributed by atoms with van der Waals surface area (Å²) < 4.78 is 0. The van der Waals surface area contributed by atoms with Crippen LogP contribution in [0.2, 0.25) is 0 Å². The lowest BCUT2D eigenvalue weighted by molar-refractivity contribution is -0.120. The number of anilines is 2. The minimum Gasteiger partial charge on any atom is -0.349 e. The number of halogens is 1. The van der Waals surface area contributed by atoms with Gasteiger partial charge < -0.3 is 5.32 Å². The molecule has 3 aromatic carbocycles. The first kappa shape index (κ1) is 19.2. The van der Waals surface area contributed by atoms with Crippen molar-refractivity contribution in [3.05, 3.63) is 83.0 Å². The van der Waals surface area contributed by atoms with E-state index < -0.39 is 11.8 Å². The summed E-state index contributed by atoms with van der Waals surface area (Å²) in [6.45, 7) is 2.15. The number of carbonyl (C=O) groups excluding carboxylic acids is 2. The molecule has 0 radical (unpaired) electrons. The molecule has 0 aromatic heterocycles. The van der Waals surface area contributed by atoms with Crippen molar-refractivity contribution < 1.29 is 9.59 Å². The molecule has 1 aliphatic rings. The van der Waals surface area contributed by atoms with Gasteiger partial charge in [-0.2, -0.15) is 0 Å². The molecule has 1 aliphatic heterocycles. The Morgan fingerprint density at radius 1 is 0.897 bits per heavy atom. The van der Waals surface area contributed by atoms with Crippen molar-refractivity contribution in [1.82, 2.24) is 0 Å². The Balaban J connectivity index is 1.61. The van der Waals surface area contributed by atoms with E-state index in [2.05, 4.69) is 12.2 Å². The molecule has 0 saturated carbocycles. The molecule has 0 spiro atoms. The van der Waals surface area contributed by atoms with E-state index in [1.54, 1.807) is 12.1 Å². The van der Waals surface area contributed by atoms with Crippen LogP contribution >= 0.6 is 11.6 Å². The van der Waals surface area contributed by atoms with Crippen molar-refractivity contribution in [2.75, 3.05) is 10.2 Å². The largest absolute Gasteiger partial charge is 0.349 e. The number of nitrogens with zero attached hydrogens (tertiary/aromatic N) is 1. The minimum atomic E-state index is -0.513. The molecule has 2 amide bonds. The first-order valence-corrected chi connectivity index (χ1v) is 10.1. The fourth-order valence-electron chi connectivity index (χ4n) is 3.51. The third-order valence-corrected chi connectivity index (χ3v) is 5.44. The summed E-state index contributed by atoms with van der Waals surface area (Å²) in [5.41, 5.74) is 2.54. The lowest BCUT2D eigenvalue weighted by Crippen LogP contribution is -2.32. The van der Waals surface area contributed by atoms with Crippen LogP contribution in [0, 0.1) is 0 Å². The zero-order chi connectivity index (χ0) is 20.4. The van der Waals surface area contributed by atoms with Crippen molar-refractivity contribution in [1.29, 1.82) is 0 Å². The Hall–Kier alpha value is -3.11. The second-order valence-corrected chi connectivity index (χ2v) is 7.43. The maximum absolute atomic E-state index is 13.0. The van der Waals surface area contributed by atoms with Gasteiger partial charge in [0, 0.05) is 11.1 Å². The molecule has 146 valence electrons. The van der Waals surface area contributed by atoms with Crippen LogP contribution in [0.4, 0.5) is 11.4 Å². The highest BCUT2D eigenvalue weighted by Crippen LogP contribution is 2.32. The third kappa shape index (κ3) is 3.64. The average molecular weight is 405 g/mol. The maximum Gasteiger partial charge on any atom is 0.283 e. The molecule has 1 N–H and O–H groups in total. The molecule has 1 heterocycles. The second kappa shape index (κ2) is 8.10. The van der Waals surface area contributed by atoms with Crippen LogP contribution in [-0.2, 0) is 16.0 Å². The summed E-state index contributed by atoms with van der Waals surface area (Å²) >= 11 is 6.27. The summed E-state index contributed by atoms with van der Waals surface area (Å²) in [5.74, 6) is -0.963. The molecule has 3 aromatic rings. The van der Waals surface area contributed by atoms with E-state index in [0.717, 1.165) is 40.6 Å². The molecular formula is C24H21ClN2O2. The van der Waals surface area contributed by atoms with Gasteiger partial charge in [0.05, 0.1) is 5.69 Å². The molecule has 0 atom stereocenters. The molecule has 0 bridgehead atoms. The highest BCUT2D eigenvalue weighted by atomic mass is 35.5. The quantitative estimate of drug-likeness (QED) is 0.542. The molecular weight excluding hydrogens is 384 g/mol. The van der Waals surface area contributed by atoms with Crippen molar-refractivity contribution >= 4 is 45.6 Å². The van der Waals surface area contributed by atoms with E-state index in [4.69, 9.17) is 11.6 Å². The number of hydrogen-bond donors (Lipinski definition) is 1. The van der Waals surface area contributed by atoms with Gasteiger partial charge >= 0.3 is 0 Å². The Bertz CT molecular complexity index is 1110. The Morgan fingerprint density at radius 2 is 1.62 bits per heavy atom. The van der Waals surface area contributed by atoms with Crippen LogP contribution in [0.1, 0.15) is 25.3 Å². The average Bonchev–Trinajstić information content (AvgIpc) is 2.96. The number of imide groups is 1. The smallest absolute Gasteiger partial charge is 0.283 e. The Morgan fingerprint density at radius 3 is 2.38 bits per heavy atom. The van der Waals surface area contributed by atoms with Gasteiger partial charge in [0.15, 0.2) is 0 Å². The molecule has 29 heavy (non-hydrogen) atoms. The van der Waals surface area contributed by atoms with Gasteiger partial charge in [-0.05, 0) is 42.0 Å². The van der Waals surface area contributed by atoms with Crippen LogP contribution in [0.15, 0.2) is 77.5 Å². The van der Waals surface area contributed by atoms with E-state index in [0.29, 0.717) is 5.69 Å². The van der Waals surface area contributed by atoms with E-state index in [-0.39, 0.29) is 10.7 Å². The van der Waals surface area contributed by atoms with Crippen LogP contribution in [0.3, 0.4) is 0 Å². The van der Waals surface area contributed by atoms with E-state index >= 15 is 0 Å². The molecule has 0 saturated heterocycles. The number of hydrogen-bond acceptors (Lipinski definition) is 3. The number of aryl methyl sites for hydroxylation is 1. The van der Waals surface area contributed by atoms with E-state index in [1.807, 2.05) is 54.6 Å². The van der Waals surface area contributed by atoms with Gasteiger partial charge in [-0.3, -0.25) is 9.59 Å². The minimum absolute atomic E-state index is 0.0991. The van der Waals surface area contributed by atoms with E-state index in [1.165, 1.54) is 5.56 Å². The second-order valence-electron chi connectivity index (χ2n) is 7.06. The fourth-order valence-corrected chi connectivity index (χ4v) is 3.72. The molecule has 4 rings (SSSR count). The molecule has 4 nitrogen and oxygen atoms in total. The van der Waals surface area contributed by atoms with Gasteiger partial charge in [-0.1, -0.05) is 73.5 Å². The number of unbranched alkanes of at least 4 members (excludes halogenated alkanes) is 1. The number of fused-ring (bicyclic) bond motifs is 1. The Kier molecular flexibility index (Phi) is 5.36. The highest BCUT2D eigenvalue weighted by Gasteiger charge is 2.39. The lowest BCUT2D eigenvalue weighted by Gasteiger charge is -2.16. The number of rotatable bonds is 6. The van der Waals surface area contributed by atoms with Crippen molar-refractivity contribution in [2.24, 2.45) is 0 Å². The van der Waals surface area contributed by atoms with Crippen LogP contribution in [0.25, 0.3) is 10.8 Å². The van der Waals surface area contributed by atoms with Gasteiger partial charge in [0.2, 0.25) is 0 Å². The molecule has 0 fully saturated rings. The summed E-state index contributed by atoms with van der Waals surface area (Å²) in [5, 5.41) is 4.97. The predicted octanol–water partition coefficient (Wildman–Crippen LogP) is 5.62. The normalized spacial score (nSPS) is 14.2. The third-order valence-electron chi connectivity index (χ3n) is 5.09. The van der Waals surface area contributed by atoms with Gasteiger partial charge in [0.25, 0.3) is 11.8 Å². The number of carbonyl (C=O) groups is 2. The lowest BCUT2D eigenvalue weighted by atomic mass is 10.1. The zero-order valence-corrected chi connectivity index (χ0v) is 16.9. The Labute approximate surface area is 174 Å². The van der Waals surface area contributed by atoms with Crippen molar-refractivity contribution in [3.8, 4) is 0 Å². The van der Waals surface area contributed by atoms with Crippen LogP contribution in [-0.4, -0.2) is 11.8 Å². The van der Waals surface area contributed by atoms with Gasteiger partial charge in [0.1, 0.15) is 10.7 Å². The molecule has 0 unspecified atom stereocenters. The topological polar surface area (TPSA) is 49.4 Å². The summed E-state index contributed by atoms with van der Waals surface area (Å²) in [6.07, 6.45) is 3.20. The monoisotopic (exact) mass is 404 g/mol. The van der Waals surface area contributed by atoms with Crippen molar-refractivity contribution in [3.63, 3.8) is 0 Å². The molecule has 5 heteroatoms. The zero-order valence-electron chi connectivity index (χ0n) is 16.1. The maximum atomic E-state index is 13.0. The fraction of sp³-hybridized carbons (Fsp3) is 0.167. The number of benzene rings is 3. The number of nitrogens with one attached hydrogen (secondary N) is 1. The first-order chi connectivity index (χ1) is 14.1. The SMILES string of the molecule is CCCCc1ccc(N2C(=O)C(Cl)=C(Nc3cccc4ccccc34)C2=O)cc1. The van der Waals surface area contributed by atoms with Crippen LogP contribution < -0.4 is 10.2 Å². The summed E-state index contributed by atoms with van der Waals surface area (Å²) in [4.78, 5) is 26.9. The highest BCUT2D eigenvalue weighted by molar-refractivity contribution is 6.53. The molecule has 0 aliphatic carbocycles. The summed E-state index contributed by atoms with van der Waals surface area (Å²) in [6, 6.07) is 21.1. The standard InChI is InChI=1S/C24H21ClN2O2/c1-2-3-7-16-12-14-18(15-13-16)27-23(28)21(25)22(24(27)29)26-20-11-6-9-17-8-4-5-10-19(17)20/h4-6,8-15,26H,2-3,7H2,1H3. The van der Waals surface area contributed by atoms with Crippen LogP contribution in [0.5, 0.6) is 0 Å². The van der Waals surface area contributed by atoms with E-state index in [9.17, 15) is 9.59 Å². The number of amides is 2. The first-order valence-electron chi connectivity index (χ1n) is 9.72. The van der Waals surface area contributed by atoms with Gasteiger partial charge in [-0.15, -0.1) is 0 Å². The van der Waals surface area contributed by atoms with Crippen molar-refractivity contribution in [2.45, 2.75) is 26.2 Å². The van der Waals surface area contributed by atoms with Gasteiger partial charge in [-0.25, -0.2) is 4.90 Å².